The van der Waals surface area contributed by atoms with Gasteiger partial charge in [0, 0.05) is 13.0 Å². The summed E-state index contributed by atoms with van der Waals surface area (Å²) in [7, 11) is 0. The van der Waals surface area contributed by atoms with Crippen molar-refractivity contribution in [2.75, 3.05) is 0 Å². The molecule has 2 aromatic heterocycles. The van der Waals surface area contributed by atoms with Gasteiger partial charge < -0.3 is 4.57 Å². The highest BCUT2D eigenvalue weighted by atomic mass is 79.9. The van der Waals surface area contributed by atoms with Crippen LogP contribution < -0.4 is 0 Å². The van der Waals surface area contributed by atoms with Crippen LogP contribution in [-0.2, 0) is 13.0 Å². The van der Waals surface area contributed by atoms with Gasteiger partial charge in [-0.25, -0.2) is 9.97 Å². The number of hydrogen-bond acceptors (Lipinski definition) is 2. The summed E-state index contributed by atoms with van der Waals surface area (Å²) in [6.07, 6.45) is 2.29. The van der Waals surface area contributed by atoms with Gasteiger partial charge in [0.2, 0.25) is 0 Å². The third-order valence-corrected chi connectivity index (χ3v) is 2.86. The molecule has 0 saturated carbocycles. The Hall–Kier alpha value is -0.900. The lowest BCUT2D eigenvalue weighted by atomic mass is 10.3. The van der Waals surface area contributed by atoms with E-state index in [1.54, 1.807) is 0 Å². The molecule has 0 amide bonds. The van der Waals surface area contributed by atoms with Crippen molar-refractivity contribution in [3.63, 3.8) is 0 Å². The Labute approximate surface area is 83.9 Å². The summed E-state index contributed by atoms with van der Waals surface area (Å²) in [4.78, 5) is 8.94. The highest BCUT2D eigenvalue weighted by molar-refractivity contribution is 9.10. The van der Waals surface area contributed by atoms with Crippen LogP contribution in [0.15, 0.2) is 16.7 Å². The molecule has 0 unspecified atom stereocenters. The summed E-state index contributed by atoms with van der Waals surface area (Å²) in [5, 5.41) is 0. The molecule has 0 atom stereocenters. The van der Waals surface area contributed by atoms with E-state index in [0.717, 1.165) is 28.7 Å². The van der Waals surface area contributed by atoms with Gasteiger partial charge in [-0.2, -0.15) is 0 Å². The van der Waals surface area contributed by atoms with Gasteiger partial charge in [-0.05, 0) is 34.5 Å². The fourth-order valence-electron chi connectivity index (χ4n) is 1.85. The highest BCUT2D eigenvalue weighted by Gasteiger charge is 2.16. The number of rotatable bonds is 0. The van der Waals surface area contributed by atoms with Gasteiger partial charge in [0.1, 0.15) is 15.9 Å². The molecule has 0 fully saturated rings. The van der Waals surface area contributed by atoms with Crippen LogP contribution in [0.5, 0.6) is 0 Å². The van der Waals surface area contributed by atoms with Gasteiger partial charge in [-0.3, -0.25) is 0 Å². The molecule has 3 nitrogen and oxygen atoms in total. The van der Waals surface area contributed by atoms with Crippen molar-refractivity contribution in [3.05, 3.63) is 22.6 Å². The maximum absolute atomic E-state index is 4.51. The Bertz CT molecular complexity index is 475. The van der Waals surface area contributed by atoms with E-state index in [9.17, 15) is 0 Å². The van der Waals surface area contributed by atoms with Gasteiger partial charge in [0.25, 0.3) is 0 Å². The van der Waals surface area contributed by atoms with E-state index in [1.807, 2.05) is 12.1 Å². The van der Waals surface area contributed by atoms with Crippen LogP contribution in [0.2, 0.25) is 0 Å². The molecule has 0 aromatic carbocycles. The third-order valence-electron chi connectivity index (χ3n) is 2.42. The number of aromatic nitrogens is 3. The Morgan fingerprint density at radius 1 is 1.31 bits per heavy atom. The fraction of sp³-hybridized carbons (Fsp3) is 0.333. The van der Waals surface area contributed by atoms with Crippen LogP contribution in [0.25, 0.3) is 11.2 Å². The van der Waals surface area contributed by atoms with Gasteiger partial charge in [-0.1, -0.05) is 0 Å². The van der Waals surface area contributed by atoms with E-state index in [0.29, 0.717) is 0 Å². The fourth-order valence-corrected chi connectivity index (χ4v) is 2.15. The maximum atomic E-state index is 4.51. The molecule has 0 radical (unpaired) electrons. The lowest BCUT2D eigenvalue weighted by molar-refractivity contribution is 0.764. The Morgan fingerprint density at radius 3 is 3.15 bits per heavy atom. The topological polar surface area (TPSA) is 30.7 Å². The molecule has 66 valence electrons. The summed E-state index contributed by atoms with van der Waals surface area (Å²) in [5.41, 5.74) is 2.03. The molecule has 0 saturated heterocycles. The van der Waals surface area contributed by atoms with Crippen LogP contribution in [0, 0.1) is 0 Å². The molecule has 1 aliphatic rings. The minimum Gasteiger partial charge on any atom is -0.313 e. The molecular formula is C9H8BrN3. The summed E-state index contributed by atoms with van der Waals surface area (Å²) in [6.45, 7) is 1.06. The standard InChI is InChI=1S/C9H8BrN3/c10-7-4-3-6-9(12-7)13-5-1-2-8(13)11-6/h3-4H,1-2,5H2. The summed E-state index contributed by atoms with van der Waals surface area (Å²) >= 11 is 3.37. The minimum atomic E-state index is 0.884. The largest absolute Gasteiger partial charge is 0.313 e. The van der Waals surface area contributed by atoms with Crippen LogP contribution >= 0.6 is 15.9 Å². The number of aryl methyl sites for hydroxylation is 2. The Morgan fingerprint density at radius 2 is 2.23 bits per heavy atom. The third kappa shape index (κ3) is 1.01. The van der Waals surface area contributed by atoms with Gasteiger partial charge in [-0.15, -0.1) is 0 Å². The molecular weight excluding hydrogens is 230 g/mol. The molecule has 13 heavy (non-hydrogen) atoms. The molecule has 2 aromatic rings. The first kappa shape index (κ1) is 7.50. The monoisotopic (exact) mass is 237 g/mol. The van der Waals surface area contributed by atoms with Crippen molar-refractivity contribution < 1.29 is 0 Å². The van der Waals surface area contributed by atoms with Gasteiger partial charge in [0.05, 0.1) is 0 Å². The molecule has 3 rings (SSSR count). The number of imidazole rings is 1. The second-order valence-electron chi connectivity index (χ2n) is 3.26. The van der Waals surface area contributed by atoms with E-state index < -0.39 is 0 Å². The van der Waals surface area contributed by atoms with Gasteiger partial charge in [0.15, 0.2) is 5.65 Å². The van der Waals surface area contributed by atoms with E-state index in [2.05, 4.69) is 30.5 Å². The second kappa shape index (κ2) is 2.54. The predicted octanol–water partition coefficient (Wildman–Crippen LogP) is 2.14. The van der Waals surface area contributed by atoms with Crippen molar-refractivity contribution in [2.24, 2.45) is 0 Å². The molecule has 3 heterocycles. The number of pyridine rings is 1. The van der Waals surface area contributed by atoms with Crippen LogP contribution in [0.3, 0.4) is 0 Å². The molecule has 1 aliphatic heterocycles. The maximum Gasteiger partial charge on any atom is 0.161 e. The van der Waals surface area contributed by atoms with Crippen LogP contribution in [0.4, 0.5) is 0 Å². The average Bonchev–Trinajstić information content (AvgIpc) is 2.64. The van der Waals surface area contributed by atoms with E-state index in [1.165, 1.54) is 12.2 Å². The van der Waals surface area contributed by atoms with Crippen molar-refractivity contribution in [2.45, 2.75) is 19.4 Å². The highest BCUT2D eigenvalue weighted by Crippen LogP contribution is 2.22. The zero-order chi connectivity index (χ0) is 8.84. The van der Waals surface area contributed by atoms with E-state index in [-0.39, 0.29) is 0 Å². The number of fused-ring (bicyclic) bond motifs is 3. The zero-order valence-electron chi connectivity index (χ0n) is 7.00. The summed E-state index contributed by atoms with van der Waals surface area (Å²) in [5.74, 6) is 1.18. The van der Waals surface area contributed by atoms with Crippen molar-refractivity contribution in [3.8, 4) is 0 Å². The number of halogens is 1. The van der Waals surface area contributed by atoms with Crippen molar-refractivity contribution >= 4 is 27.1 Å². The molecule has 0 aliphatic carbocycles. The second-order valence-corrected chi connectivity index (χ2v) is 4.07. The first-order chi connectivity index (χ1) is 6.34. The summed E-state index contributed by atoms with van der Waals surface area (Å²) in [6, 6.07) is 3.95. The molecule has 0 N–H and O–H groups in total. The number of hydrogen-bond donors (Lipinski definition) is 0. The van der Waals surface area contributed by atoms with E-state index in [4.69, 9.17) is 0 Å². The Kier molecular flexibility index (Phi) is 1.47. The van der Waals surface area contributed by atoms with Crippen LogP contribution in [-0.4, -0.2) is 14.5 Å². The van der Waals surface area contributed by atoms with Crippen molar-refractivity contribution in [1.82, 2.24) is 14.5 Å². The molecule has 0 bridgehead atoms. The van der Waals surface area contributed by atoms with Gasteiger partial charge >= 0.3 is 0 Å². The molecule has 4 heteroatoms. The summed E-state index contributed by atoms with van der Waals surface area (Å²) < 4.78 is 3.09. The normalized spacial score (nSPS) is 15.2. The van der Waals surface area contributed by atoms with E-state index >= 15 is 0 Å². The number of nitrogens with zero attached hydrogens (tertiary/aromatic N) is 3. The average molecular weight is 238 g/mol. The molecule has 0 spiro atoms. The lowest BCUT2D eigenvalue weighted by Gasteiger charge is -1.96. The SMILES string of the molecule is Brc1ccc2nc3n(c2n1)CCC3. The quantitative estimate of drug-likeness (QED) is 0.658. The smallest absolute Gasteiger partial charge is 0.161 e. The van der Waals surface area contributed by atoms with Crippen molar-refractivity contribution in [1.29, 1.82) is 0 Å². The zero-order valence-corrected chi connectivity index (χ0v) is 8.58. The van der Waals surface area contributed by atoms with Crippen LogP contribution in [0.1, 0.15) is 12.2 Å². The predicted molar refractivity (Wildman–Crippen MR) is 53.5 cm³/mol. The minimum absolute atomic E-state index is 0.884. The first-order valence-corrected chi connectivity index (χ1v) is 5.15. The lowest BCUT2D eigenvalue weighted by Crippen LogP contribution is -1.93. The Balaban J connectivity index is 2.40. The first-order valence-electron chi connectivity index (χ1n) is 4.36.